The molecule has 108 valence electrons. The molecule has 2 unspecified atom stereocenters. The van der Waals surface area contributed by atoms with Crippen molar-refractivity contribution in [2.45, 2.75) is 24.6 Å². The molecule has 0 saturated carbocycles. The largest absolute Gasteiger partial charge is 0.321 e. The zero-order valence-electron chi connectivity index (χ0n) is 11.4. The van der Waals surface area contributed by atoms with Crippen LogP contribution in [0.4, 0.5) is 5.69 Å². The molecule has 3 rings (SSSR count). The van der Waals surface area contributed by atoms with Crippen molar-refractivity contribution in [2.75, 3.05) is 23.0 Å². The highest BCUT2D eigenvalue weighted by Crippen LogP contribution is 2.36. The lowest BCUT2D eigenvalue weighted by molar-refractivity contribution is 0.601. The van der Waals surface area contributed by atoms with Crippen LogP contribution in [0.1, 0.15) is 13.3 Å². The first-order valence-electron chi connectivity index (χ1n) is 6.86. The third-order valence-electron chi connectivity index (χ3n) is 3.55. The lowest BCUT2D eigenvalue weighted by atomic mass is 10.3. The van der Waals surface area contributed by atoms with E-state index in [1.54, 1.807) is 11.8 Å². The van der Waals surface area contributed by atoms with Gasteiger partial charge in [-0.15, -0.1) is 0 Å². The smallest absolute Gasteiger partial charge is 0.164 e. The van der Waals surface area contributed by atoms with E-state index in [4.69, 9.17) is 0 Å². The number of benzene rings is 1. The Balaban J connectivity index is 1.84. The van der Waals surface area contributed by atoms with Crippen molar-refractivity contribution < 1.29 is 8.42 Å². The topological polar surface area (TPSA) is 49.7 Å². The molecule has 2 aliphatic rings. The van der Waals surface area contributed by atoms with Crippen LogP contribution in [0.25, 0.3) is 0 Å². The van der Waals surface area contributed by atoms with Crippen LogP contribution < -0.4 is 4.90 Å². The number of aliphatic imine (C=N–C) groups is 1. The van der Waals surface area contributed by atoms with Gasteiger partial charge in [0.2, 0.25) is 0 Å². The molecular weight excluding hydrogens is 292 g/mol. The van der Waals surface area contributed by atoms with Gasteiger partial charge in [-0.1, -0.05) is 36.9 Å². The zero-order chi connectivity index (χ0) is 14.2. The first kappa shape index (κ1) is 13.9. The van der Waals surface area contributed by atoms with Gasteiger partial charge in [0.1, 0.15) is 0 Å². The molecule has 2 heterocycles. The molecule has 0 spiro atoms. The molecule has 1 saturated heterocycles. The van der Waals surface area contributed by atoms with E-state index in [0.717, 1.165) is 23.8 Å². The van der Waals surface area contributed by atoms with Gasteiger partial charge in [-0.2, -0.15) is 0 Å². The Morgan fingerprint density at radius 2 is 2.05 bits per heavy atom. The maximum absolute atomic E-state index is 11.6. The van der Waals surface area contributed by atoms with Gasteiger partial charge in [0.15, 0.2) is 15.0 Å². The van der Waals surface area contributed by atoms with Crippen molar-refractivity contribution in [3.8, 4) is 0 Å². The molecule has 1 aromatic carbocycles. The van der Waals surface area contributed by atoms with Crippen molar-refractivity contribution in [1.82, 2.24) is 0 Å². The second-order valence-electron chi connectivity index (χ2n) is 5.20. The van der Waals surface area contributed by atoms with E-state index in [1.165, 1.54) is 0 Å². The Kier molecular flexibility index (Phi) is 3.77. The first-order valence-corrected chi connectivity index (χ1v) is 9.56. The number of hydrogen-bond donors (Lipinski definition) is 0. The number of anilines is 1. The molecular formula is C14H18N2O2S2. The number of nitrogens with zero attached hydrogens (tertiary/aromatic N) is 2. The minimum absolute atomic E-state index is 0.0527. The van der Waals surface area contributed by atoms with E-state index in [1.807, 2.05) is 18.2 Å². The van der Waals surface area contributed by atoms with Crippen molar-refractivity contribution >= 4 is 32.5 Å². The summed E-state index contributed by atoms with van der Waals surface area (Å²) < 4.78 is 23.2. The Morgan fingerprint density at radius 1 is 1.30 bits per heavy atom. The average Bonchev–Trinajstić information content (AvgIpc) is 2.90. The van der Waals surface area contributed by atoms with Gasteiger partial charge in [0.05, 0.1) is 17.5 Å². The fourth-order valence-corrected chi connectivity index (χ4v) is 6.44. The van der Waals surface area contributed by atoms with Gasteiger partial charge in [0.25, 0.3) is 0 Å². The molecule has 0 N–H and O–H groups in total. The van der Waals surface area contributed by atoms with E-state index >= 15 is 0 Å². The van der Waals surface area contributed by atoms with Crippen LogP contribution in [0.2, 0.25) is 0 Å². The van der Waals surface area contributed by atoms with Crippen LogP contribution in [-0.2, 0) is 9.84 Å². The van der Waals surface area contributed by atoms with Crippen LogP contribution in [0, 0.1) is 0 Å². The highest BCUT2D eigenvalue weighted by atomic mass is 32.2. The van der Waals surface area contributed by atoms with E-state index in [2.05, 4.69) is 28.9 Å². The number of para-hydroxylation sites is 1. The molecule has 1 aromatic rings. The molecule has 1 fully saturated rings. The molecule has 2 atom stereocenters. The fraction of sp³-hybridized carbons (Fsp3) is 0.500. The predicted octanol–water partition coefficient (Wildman–Crippen LogP) is 2.17. The van der Waals surface area contributed by atoms with Gasteiger partial charge in [-0.05, 0) is 18.6 Å². The summed E-state index contributed by atoms with van der Waals surface area (Å²) in [5.41, 5.74) is 1.13. The SMILES string of the molecule is CCCN(C1=NC2CS(=O)(=O)CC2S1)c1ccccc1. The normalized spacial score (nSPS) is 27.1. The monoisotopic (exact) mass is 310 g/mol. The molecule has 0 amide bonds. The third-order valence-corrected chi connectivity index (χ3v) is 6.80. The zero-order valence-corrected chi connectivity index (χ0v) is 13.0. The lowest BCUT2D eigenvalue weighted by Gasteiger charge is -2.23. The molecule has 0 bridgehead atoms. The molecule has 6 heteroatoms. The fourth-order valence-electron chi connectivity index (χ4n) is 2.64. The molecule has 2 aliphatic heterocycles. The highest BCUT2D eigenvalue weighted by Gasteiger charge is 2.43. The van der Waals surface area contributed by atoms with E-state index in [-0.39, 0.29) is 22.8 Å². The number of fused-ring (bicyclic) bond motifs is 1. The van der Waals surface area contributed by atoms with Crippen molar-refractivity contribution in [3.63, 3.8) is 0 Å². The number of hydrogen-bond acceptors (Lipinski definition) is 5. The number of rotatable bonds is 3. The van der Waals surface area contributed by atoms with Crippen LogP contribution in [-0.4, -0.2) is 42.9 Å². The summed E-state index contributed by atoms with van der Waals surface area (Å²) in [6.45, 7) is 3.05. The van der Waals surface area contributed by atoms with Gasteiger partial charge >= 0.3 is 0 Å². The minimum atomic E-state index is -2.88. The van der Waals surface area contributed by atoms with Crippen molar-refractivity contribution in [2.24, 2.45) is 4.99 Å². The average molecular weight is 310 g/mol. The quantitative estimate of drug-likeness (QED) is 0.858. The van der Waals surface area contributed by atoms with Crippen molar-refractivity contribution in [3.05, 3.63) is 30.3 Å². The molecule has 4 nitrogen and oxygen atoms in total. The van der Waals surface area contributed by atoms with E-state index in [9.17, 15) is 8.42 Å². The number of thioether (sulfide) groups is 1. The number of sulfone groups is 1. The summed E-state index contributed by atoms with van der Waals surface area (Å²) in [6.07, 6.45) is 1.03. The molecule has 0 radical (unpaired) electrons. The Bertz CT molecular complexity index is 613. The Labute approximate surface area is 124 Å². The van der Waals surface area contributed by atoms with Crippen molar-refractivity contribution in [1.29, 1.82) is 0 Å². The first-order chi connectivity index (χ1) is 9.59. The summed E-state index contributed by atoms with van der Waals surface area (Å²) in [4.78, 5) is 6.87. The third kappa shape index (κ3) is 2.72. The minimum Gasteiger partial charge on any atom is -0.321 e. The highest BCUT2D eigenvalue weighted by molar-refractivity contribution is 8.15. The van der Waals surface area contributed by atoms with E-state index < -0.39 is 9.84 Å². The summed E-state index contributed by atoms with van der Waals surface area (Å²) in [5.74, 6) is 0.479. The van der Waals surface area contributed by atoms with E-state index in [0.29, 0.717) is 0 Å². The van der Waals surface area contributed by atoms with Gasteiger partial charge in [-0.3, -0.25) is 4.99 Å². The summed E-state index contributed by atoms with van der Waals surface area (Å²) in [5, 5.41) is 1.08. The maximum Gasteiger partial charge on any atom is 0.164 e. The van der Waals surface area contributed by atoms with Gasteiger partial charge < -0.3 is 4.90 Å². The van der Waals surface area contributed by atoms with Crippen LogP contribution in [0.5, 0.6) is 0 Å². The summed E-state index contributed by atoms with van der Waals surface area (Å²) in [6, 6.07) is 10.1. The molecule has 20 heavy (non-hydrogen) atoms. The van der Waals surface area contributed by atoms with Gasteiger partial charge in [-0.25, -0.2) is 8.42 Å². The second-order valence-corrected chi connectivity index (χ2v) is 8.56. The Hall–Kier alpha value is -1.01. The summed E-state index contributed by atoms with van der Waals surface area (Å²) in [7, 11) is -2.88. The number of amidine groups is 1. The standard InChI is InChI=1S/C14H18N2O2S2/c1-2-8-16(11-6-4-3-5-7-11)14-15-12-9-20(17,18)10-13(12)19-14/h3-7,12-13H,2,8-10H2,1H3. The maximum atomic E-state index is 11.6. The molecule has 0 aliphatic carbocycles. The summed E-state index contributed by atoms with van der Waals surface area (Å²) >= 11 is 1.62. The van der Waals surface area contributed by atoms with Gasteiger partial charge in [0, 0.05) is 17.5 Å². The lowest BCUT2D eigenvalue weighted by Crippen LogP contribution is -2.29. The molecule has 0 aromatic heterocycles. The Morgan fingerprint density at radius 3 is 2.70 bits per heavy atom. The second kappa shape index (κ2) is 5.41. The van der Waals surface area contributed by atoms with Crippen LogP contribution >= 0.6 is 11.8 Å². The van der Waals surface area contributed by atoms with Crippen LogP contribution in [0.3, 0.4) is 0 Å². The predicted molar refractivity (Wildman–Crippen MR) is 85.3 cm³/mol. The van der Waals surface area contributed by atoms with Crippen LogP contribution in [0.15, 0.2) is 35.3 Å².